The third kappa shape index (κ3) is 5.63. The van der Waals surface area contributed by atoms with Crippen molar-refractivity contribution < 1.29 is 4.39 Å². The van der Waals surface area contributed by atoms with Crippen LogP contribution in [0.1, 0.15) is 30.1 Å². The highest BCUT2D eigenvalue weighted by atomic mass is 32.1. The lowest BCUT2D eigenvalue weighted by Crippen LogP contribution is -2.38. The van der Waals surface area contributed by atoms with Crippen molar-refractivity contribution >= 4 is 17.3 Å². The maximum atomic E-state index is 13.6. The van der Waals surface area contributed by atoms with Gasteiger partial charge >= 0.3 is 0 Å². The summed E-state index contributed by atoms with van der Waals surface area (Å²) in [5.74, 6) is 0.475. The number of thiazole rings is 1. The molecular weight excluding hydrogens is 311 g/mol. The van der Waals surface area contributed by atoms with Crippen molar-refractivity contribution in [2.45, 2.75) is 33.2 Å². The zero-order chi connectivity index (χ0) is 16.5. The molecule has 0 fully saturated rings. The Morgan fingerprint density at radius 2 is 2.09 bits per heavy atom. The van der Waals surface area contributed by atoms with Gasteiger partial charge in [-0.15, -0.1) is 11.3 Å². The van der Waals surface area contributed by atoms with Gasteiger partial charge in [0, 0.05) is 30.5 Å². The van der Waals surface area contributed by atoms with Crippen molar-refractivity contribution in [3.05, 3.63) is 51.7 Å². The first-order valence-electron chi connectivity index (χ1n) is 7.91. The summed E-state index contributed by atoms with van der Waals surface area (Å²) >= 11 is 1.70. The van der Waals surface area contributed by atoms with Crippen LogP contribution >= 0.6 is 11.3 Å². The Kier molecular flexibility index (Phi) is 7.00. The van der Waals surface area contributed by atoms with Crippen LogP contribution in [0.4, 0.5) is 4.39 Å². The molecule has 0 amide bonds. The van der Waals surface area contributed by atoms with Crippen molar-refractivity contribution in [3.63, 3.8) is 0 Å². The average Bonchev–Trinajstić information content (AvgIpc) is 3.02. The largest absolute Gasteiger partial charge is 0.357 e. The highest BCUT2D eigenvalue weighted by Crippen LogP contribution is 2.10. The van der Waals surface area contributed by atoms with Gasteiger partial charge in [-0.25, -0.2) is 14.4 Å². The van der Waals surface area contributed by atoms with Crippen LogP contribution in [0, 0.1) is 5.82 Å². The molecule has 0 saturated carbocycles. The van der Waals surface area contributed by atoms with E-state index in [1.54, 1.807) is 23.5 Å². The smallest absolute Gasteiger partial charge is 0.191 e. The Labute approximate surface area is 140 Å². The molecule has 23 heavy (non-hydrogen) atoms. The third-order valence-electron chi connectivity index (χ3n) is 3.28. The fourth-order valence-electron chi connectivity index (χ4n) is 2.07. The van der Waals surface area contributed by atoms with E-state index >= 15 is 0 Å². The first kappa shape index (κ1) is 17.4. The molecule has 2 N–H and O–H groups in total. The van der Waals surface area contributed by atoms with Gasteiger partial charge in [-0.05, 0) is 19.4 Å². The second-order valence-electron chi connectivity index (χ2n) is 5.05. The molecule has 0 atom stereocenters. The minimum atomic E-state index is -0.221. The second-order valence-corrected chi connectivity index (χ2v) is 5.99. The van der Waals surface area contributed by atoms with Crippen molar-refractivity contribution in [3.8, 4) is 0 Å². The van der Waals surface area contributed by atoms with Crippen LogP contribution in [0.3, 0.4) is 0 Å². The first-order chi connectivity index (χ1) is 11.2. The van der Waals surface area contributed by atoms with Gasteiger partial charge in [0.1, 0.15) is 5.82 Å². The zero-order valence-electron chi connectivity index (χ0n) is 13.6. The van der Waals surface area contributed by atoms with Crippen LogP contribution in [0.15, 0.2) is 34.6 Å². The molecular formula is C17H23FN4S. The molecule has 4 nitrogen and oxygen atoms in total. The van der Waals surface area contributed by atoms with Crippen LogP contribution in [-0.2, 0) is 19.4 Å². The summed E-state index contributed by atoms with van der Waals surface area (Å²) < 4.78 is 13.6. The molecule has 0 unspecified atom stereocenters. The summed E-state index contributed by atoms with van der Waals surface area (Å²) in [6, 6.07) is 6.72. The first-order valence-corrected chi connectivity index (χ1v) is 8.79. The van der Waals surface area contributed by atoms with Crippen molar-refractivity contribution in [1.82, 2.24) is 15.6 Å². The highest BCUT2D eigenvalue weighted by molar-refractivity contribution is 7.09. The molecule has 0 aliphatic rings. The van der Waals surface area contributed by atoms with Gasteiger partial charge in [-0.2, -0.15) is 0 Å². The van der Waals surface area contributed by atoms with E-state index in [0.29, 0.717) is 18.1 Å². The molecule has 2 aromatic rings. The number of rotatable bonds is 7. The Morgan fingerprint density at radius 1 is 1.26 bits per heavy atom. The summed E-state index contributed by atoms with van der Waals surface area (Å²) in [4.78, 5) is 8.98. The Morgan fingerprint density at radius 3 is 2.78 bits per heavy atom. The molecule has 2 rings (SSSR count). The van der Waals surface area contributed by atoms with E-state index in [0.717, 1.165) is 31.6 Å². The number of halogens is 1. The Balaban J connectivity index is 1.87. The van der Waals surface area contributed by atoms with E-state index in [2.05, 4.69) is 32.9 Å². The van der Waals surface area contributed by atoms with Crippen molar-refractivity contribution in [1.29, 1.82) is 0 Å². The number of aromatic nitrogens is 1. The Hall–Kier alpha value is -1.95. The summed E-state index contributed by atoms with van der Waals surface area (Å²) in [6.45, 7) is 5.95. The van der Waals surface area contributed by atoms with E-state index in [1.807, 2.05) is 13.0 Å². The van der Waals surface area contributed by atoms with Crippen molar-refractivity contribution in [2.75, 3.05) is 13.1 Å². The fraction of sp³-hybridized carbons (Fsp3) is 0.412. The number of nitrogens with zero attached hydrogens (tertiary/aromatic N) is 2. The third-order valence-corrected chi connectivity index (χ3v) is 4.33. The van der Waals surface area contributed by atoms with E-state index < -0.39 is 0 Å². The number of guanidine groups is 1. The number of hydrogen-bond donors (Lipinski definition) is 2. The number of nitrogens with one attached hydrogen (secondary N) is 2. The van der Waals surface area contributed by atoms with E-state index in [1.165, 1.54) is 11.1 Å². The lowest BCUT2D eigenvalue weighted by atomic mass is 10.2. The van der Waals surface area contributed by atoms with Crippen LogP contribution in [0.2, 0.25) is 0 Å². The molecule has 1 aromatic heterocycles. The molecule has 6 heteroatoms. The quantitative estimate of drug-likeness (QED) is 0.604. The number of benzene rings is 1. The lowest BCUT2D eigenvalue weighted by molar-refractivity contribution is 0.610. The van der Waals surface area contributed by atoms with Gasteiger partial charge in [0.05, 0.1) is 17.2 Å². The number of hydrogen-bond acceptors (Lipinski definition) is 3. The van der Waals surface area contributed by atoms with Gasteiger partial charge in [0.2, 0.25) is 0 Å². The minimum Gasteiger partial charge on any atom is -0.357 e. The SMILES string of the molecule is CCNC(=NCc1ccccc1F)NCCc1csc(CC)n1. The lowest BCUT2D eigenvalue weighted by Gasteiger charge is -2.10. The highest BCUT2D eigenvalue weighted by Gasteiger charge is 2.03. The molecule has 124 valence electrons. The molecule has 0 aliphatic heterocycles. The minimum absolute atomic E-state index is 0.221. The molecule has 0 radical (unpaired) electrons. The van der Waals surface area contributed by atoms with E-state index in [9.17, 15) is 4.39 Å². The predicted octanol–water partition coefficient (Wildman–Crippen LogP) is 3.14. The van der Waals surface area contributed by atoms with Crippen LogP contribution < -0.4 is 10.6 Å². The Bertz CT molecular complexity index is 639. The summed E-state index contributed by atoms with van der Waals surface area (Å²) in [5.41, 5.74) is 1.70. The van der Waals surface area contributed by atoms with Gasteiger partial charge in [0.25, 0.3) is 0 Å². The van der Waals surface area contributed by atoms with E-state index in [-0.39, 0.29) is 5.82 Å². The molecule has 0 spiro atoms. The number of aliphatic imine (C=N–C) groups is 1. The van der Waals surface area contributed by atoms with Crippen LogP contribution in [0.25, 0.3) is 0 Å². The number of aryl methyl sites for hydroxylation is 1. The standard InChI is InChI=1S/C17H23FN4S/c1-3-16-22-14(12-23-16)9-10-20-17(19-4-2)21-11-13-7-5-6-8-15(13)18/h5-8,12H,3-4,9-11H2,1-2H3,(H2,19,20,21). The predicted molar refractivity (Wildman–Crippen MR) is 94.4 cm³/mol. The maximum Gasteiger partial charge on any atom is 0.191 e. The van der Waals surface area contributed by atoms with Gasteiger partial charge in [-0.3, -0.25) is 0 Å². The molecule has 0 aliphatic carbocycles. The maximum absolute atomic E-state index is 13.6. The average molecular weight is 334 g/mol. The normalized spacial score (nSPS) is 11.5. The van der Waals surface area contributed by atoms with Gasteiger partial charge in [-0.1, -0.05) is 25.1 Å². The molecule has 0 bridgehead atoms. The summed E-state index contributed by atoms with van der Waals surface area (Å²) in [6.07, 6.45) is 1.82. The molecule has 1 aromatic carbocycles. The van der Waals surface area contributed by atoms with Gasteiger partial charge in [0.15, 0.2) is 5.96 Å². The summed E-state index contributed by atoms with van der Waals surface area (Å²) in [7, 11) is 0. The zero-order valence-corrected chi connectivity index (χ0v) is 14.4. The molecule has 0 saturated heterocycles. The van der Waals surface area contributed by atoms with Crippen LogP contribution in [0.5, 0.6) is 0 Å². The topological polar surface area (TPSA) is 49.3 Å². The second kappa shape index (κ2) is 9.25. The van der Waals surface area contributed by atoms with E-state index in [4.69, 9.17) is 0 Å². The monoisotopic (exact) mass is 334 g/mol. The summed E-state index contributed by atoms with van der Waals surface area (Å²) in [5, 5.41) is 9.71. The molecule has 1 heterocycles. The fourth-order valence-corrected chi connectivity index (χ4v) is 2.85. The van der Waals surface area contributed by atoms with Gasteiger partial charge < -0.3 is 10.6 Å². The van der Waals surface area contributed by atoms with Crippen LogP contribution in [-0.4, -0.2) is 24.0 Å². The van der Waals surface area contributed by atoms with Crippen molar-refractivity contribution in [2.24, 2.45) is 4.99 Å².